The van der Waals surface area contributed by atoms with Crippen LogP contribution in [0.3, 0.4) is 0 Å². The van der Waals surface area contributed by atoms with E-state index in [-0.39, 0.29) is 0 Å². The Morgan fingerprint density at radius 2 is 1.58 bits per heavy atom. The summed E-state index contributed by atoms with van der Waals surface area (Å²) >= 11 is 4.16. The first-order valence-corrected chi connectivity index (χ1v) is 10.9. The van der Waals surface area contributed by atoms with Gasteiger partial charge in [0.15, 0.2) is 0 Å². The molecular formula is C21H25NS2. The summed E-state index contributed by atoms with van der Waals surface area (Å²) in [5.74, 6) is 2.02. The van der Waals surface area contributed by atoms with E-state index < -0.39 is 0 Å². The lowest BCUT2D eigenvalue weighted by Crippen LogP contribution is -2.38. The van der Waals surface area contributed by atoms with Gasteiger partial charge >= 0.3 is 0 Å². The van der Waals surface area contributed by atoms with Crippen LogP contribution in [0, 0.1) is 5.92 Å². The van der Waals surface area contributed by atoms with Gasteiger partial charge in [0.1, 0.15) is 0 Å². The normalized spacial score (nSPS) is 27.1. The van der Waals surface area contributed by atoms with Crippen LogP contribution < -0.4 is 0 Å². The lowest BCUT2D eigenvalue weighted by atomic mass is 10.00. The monoisotopic (exact) mass is 355 g/mol. The van der Waals surface area contributed by atoms with Gasteiger partial charge in [-0.15, -0.1) is 23.5 Å². The molecule has 2 saturated heterocycles. The second-order valence-electron chi connectivity index (χ2n) is 6.84. The van der Waals surface area contributed by atoms with Gasteiger partial charge < -0.3 is 0 Å². The topological polar surface area (TPSA) is 3.24 Å². The fourth-order valence-corrected chi connectivity index (χ4v) is 6.69. The van der Waals surface area contributed by atoms with Gasteiger partial charge in [-0.3, -0.25) is 4.90 Å². The number of piperidine rings is 1. The fourth-order valence-electron chi connectivity index (χ4n) is 4.03. The minimum absolute atomic E-state index is 0.740. The maximum absolute atomic E-state index is 2.78. The molecule has 2 aliphatic rings. The van der Waals surface area contributed by atoms with E-state index in [4.69, 9.17) is 0 Å². The molecule has 0 spiro atoms. The highest BCUT2D eigenvalue weighted by Crippen LogP contribution is 2.43. The molecule has 2 unspecified atom stereocenters. The van der Waals surface area contributed by atoms with Crippen molar-refractivity contribution in [2.24, 2.45) is 5.92 Å². The first-order valence-electron chi connectivity index (χ1n) is 9.04. The summed E-state index contributed by atoms with van der Waals surface area (Å²) in [7, 11) is 0. The lowest BCUT2D eigenvalue weighted by molar-refractivity contribution is 0.198. The van der Waals surface area contributed by atoms with E-state index >= 15 is 0 Å². The van der Waals surface area contributed by atoms with Gasteiger partial charge in [0, 0.05) is 33.4 Å². The number of benzene rings is 2. The second kappa shape index (κ2) is 7.99. The van der Waals surface area contributed by atoms with Crippen molar-refractivity contribution >= 4 is 23.5 Å². The van der Waals surface area contributed by atoms with Crippen molar-refractivity contribution in [3.63, 3.8) is 0 Å². The van der Waals surface area contributed by atoms with Crippen LogP contribution in [0.4, 0.5) is 0 Å². The van der Waals surface area contributed by atoms with E-state index in [1.54, 1.807) is 0 Å². The van der Waals surface area contributed by atoms with Crippen LogP contribution in [0.15, 0.2) is 70.5 Å². The number of fused-ring (bicyclic) bond motifs is 1. The van der Waals surface area contributed by atoms with Crippen LogP contribution in [0.5, 0.6) is 0 Å². The molecule has 3 heteroatoms. The molecule has 0 amide bonds. The zero-order valence-corrected chi connectivity index (χ0v) is 15.6. The Bertz CT molecular complexity index is 631. The SMILES string of the molecule is c1ccc(SCC2CN3CCCC[C@@H]3C2Sc2ccccc2)cc1. The molecule has 24 heavy (non-hydrogen) atoms. The highest BCUT2D eigenvalue weighted by atomic mass is 32.2. The Hall–Kier alpha value is -0.900. The van der Waals surface area contributed by atoms with Gasteiger partial charge in [-0.05, 0) is 49.6 Å². The van der Waals surface area contributed by atoms with Crippen molar-refractivity contribution in [1.82, 2.24) is 4.90 Å². The van der Waals surface area contributed by atoms with Gasteiger partial charge in [-0.1, -0.05) is 42.8 Å². The third-order valence-electron chi connectivity index (χ3n) is 5.20. The van der Waals surface area contributed by atoms with E-state index in [9.17, 15) is 0 Å². The van der Waals surface area contributed by atoms with Crippen LogP contribution in [0.2, 0.25) is 0 Å². The summed E-state index contributed by atoms with van der Waals surface area (Å²) < 4.78 is 0. The van der Waals surface area contributed by atoms with Crippen LogP contribution >= 0.6 is 23.5 Å². The minimum Gasteiger partial charge on any atom is -0.299 e. The minimum atomic E-state index is 0.740. The average molecular weight is 356 g/mol. The van der Waals surface area contributed by atoms with Crippen molar-refractivity contribution in [1.29, 1.82) is 0 Å². The summed E-state index contributed by atoms with van der Waals surface area (Å²) in [6.07, 6.45) is 4.18. The van der Waals surface area contributed by atoms with E-state index in [0.717, 1.165) is 17.2 Å². The third kappa shape index (κ3) is 3.84. The molecule has 2 aliphatic heterocycles. The maximum atomic E-state index is 2.78. The Morgan fingerprint density at radius 3 is 2.33 bits per heavy atom. The zero-order valence-electron chi connectivity index (χ0n) is 14.0. The van der Waals surface area contributed by atoms with Gasteiger partial charge in [-0.2, -0.15) is 0 Å². The summed E-state index contributed by atoms with van der Waals surface area (Å²) in [6.45, 7) is 2.60. The molecule has 3 atom stereocenters. The Balaban J connectivity index is 1.47. The average Bonchev–Trinajstić information content (AvgIpc) is 2.99. The summed E-state index contributed by atoms with van der Waals surface area (Å²) in [5, 5.41) is 0.740. The van der Waals surface area contributed by atoms with Crippen molar-refractivity contribution in [2.75, 3.05) is 18.8 Å². The molecule has 0 bridgehead atoms. The quantitative estimate of drug-likeness (QED) is 0.659. The zero-order chi connectivity index (χ0) is 16.2. The molecule has 126 valence electrons. The molecule has 2 aromatic rings. The van der Waals surface area contributed by atoms with Gasteiger partial charge in [0.25, 0.3) is 0 Å². The number of nitrogens with zero attached hydrogens (tertiary/aromatic N) is 1. The Labute approximate surface area is 154 Å². The fraction of sp³-hybridized carbons (Fsp3) is 0.429. The maximum Gasteiger partial charge on any atom is 0.0299 e. The highest BCUT2D eigenvalue weighted by molar-refractivity contribution is 8.00. The number of hydrogen-bond acceptors (Lipinski definition) is 3. The van der Waals surface area contributed by atoms with Gasteiger partial charge in [-0.25, -0.2) is 0 Å². The molecule has 2 fully saturated rings. The molecular weight excluding hydrogens is 330 g/mol. The first-order chi connectivity index (χ1) is 11.9. The molecule has 2 aromatic carbocycles. The molecule has 0 radical (unpaired) electrons. The second-order valence-corrected chi connectivity index (χ2v) is 9.18. The largest absolute Gasteiger partial charge is 0.299 e. The Morgan fingerprint density at radius 1 is 0.875 bits per heavy atom. The molecule has 0 aliphatic carbocycles. The van der Waals surface area contributed by atoms with Crippen molar-refractivity contribution in [3.05, 3.63) is 60.7 Å². The third-order valence-corrected chi connectivity index (χ3v) is 7.92. The predicted octanol–water partition coefficient (Wildman–Crippen LogP) is 5.42. The highest BCUT2D eigenvalue weighted by Gasteiger charge is 2.42. The molecule has 0 saturated carbocycles. The molecule has 4 rings (SSSR count). The standard InChI is InChI=1S/C21H25NS2/c1-3-9-18(10-4-1)23-16-17-15-22-14-8-7-13-20(22)21(17)24-19-11-5-2-6-12-19/h1-6,9-12,17,20-21H,7-8,13-16H2/t17?,20-,21?/m1/s1. The molecule has 1 nitrogen and oxygen atoms in total. The van der Waals surface area contributed by atoms with Gasteiger partial charge in [0.2, 0.25) is 0 Å². The van der Waals surface area contributed by atoms with E-state index in [1.165, 1.54) is 47.9 Å². The van der Waals surface area contributed by atoms with Crippen LogP contribution in [-0.2, 0) is 0 Å². The van der Waals surface area contributed by atoms with Crippen molar-refractivity contribution < 1.29 is 0 Å². The van der Waals surface area contributed by atoms with Crippen LogP contribution in [0.25, 0.3) is 0 Å². The molecule has 0 aromatic heterocycles. The van der Waals surface area contributed by atoms with E-state index in [2.05, 4.69) is 77.3 Å². The van der Waals surface area contributed by atoms with Crippen LogP contribution in [-0.4, -0.2) is 35.0 Å². The number of rotatable bonds is 5. The number of thioether (sulfide) groups is 2. The van der Waals surface area contributed by atoms with Crippen LogP contribution in [0.1, 0.15) is 19.3 Å². The lowest BCUT2D eigenvalue weighted by Gasteiger charge is -2.32. The van der Waals surface area contributed by atoms with Gasteiger partial charge in [0.05, 0.1) is 0 Å². The summed E-state index contributed by atoms with van der Waals surface area (Å²) in [5.41, 5.74) is 0. The molecule has 2 heterocycles. The van der Waals surface area contributed by atoms with Crippen molar-refractivity contribution in [3.8, 4) is 0 Å². The molecule has 0 N–H and O–H groups in total. The number of hydrogen-bond donors (Lipinski definition) is 0. The van der Waals surface area contributed by atoms with E-state index in [1.807, 2.05) is 11.8 Å². The summed E-state index contributed by atoms with van der Waals surface area (Å²) in [4.78, 5) is 5.62. The van der Waals surface area contributed by atoms with E-state index in [0.29, 0.717) is 0 Å². The predicted molar refractivity (Wildman–Crippen MR) is 106 cm³/mol. The summed E-state index contributed by atoms with van der Waals surface area (Å²) in [6, 6.07) is 22.7. The smallest absolute Gasteiger partial charge is 0.0299 e. The first kappa shape index (κ1) is 16.6. The van der Waals surface area contributed by atoms with Crippen molar-refractivity contribution in [2.45, 2.75) is 40.3 Å². The Kier molecular flexibility index (Phi) is 5.51.